The lowest BCUT2D eigenvalue weighted by molar-refractivity contribution is 0.256. The molecule has 0 saturated heterocycles. The first-order valence-corrected chi connectivity index (χ1v) is 6.62. The van der Waals surface area contributed by atoms with Crippen molar-refractivity contribution in [2.24, 2.45) is 11.7 Å². The Morgan fingerprint density at radius 1 is 1.22 bits per heavy atom. The molecule has 1 rings (SSSR count). The molecule has 0 saturated carbocycles. The third-order valence-electron chi connectivity index (χ3n) is 2.82. The van der Waals surface area contributed by atoms with E-state index in [0.29, 0.717) is 12.5 Å². The van der Waals surface area contributed by atoms with E-state index < -0.39 is 0 Å². The molecule has 1 aromatic carbocycles. The lowest BCUT2D eigenvalue weighted by Gasteiger charge is -2.15. The van der Waals surface area contributed by atoms with Gasteiger partial charge in [0.1, 0.15) is 0 Å². The highest BCUT2D eigenvalue weighted by molar-refractivity contribution is 5.43. The Balaban J connectivity index is 2.76. The van der Waals surface area contributed by atoms with Gasteiger partial charge in [-0.25, -0.2) is 0 Å². The summed E-state index contributed by atoms with van der Waals surface area (Å²) in [5.41, 5.74) is 7.15. The molecular formula is C15H25NO2. The van der Waals surface area contributed by atoms with E-state index in [9.17, 15) is 0 Å². The summed E-state index contributed by atoms with van der Waals surface area (Å²) in [5, 5.41) is 0. The molecule has 1 unspecified atom stereocenters. The molecule has 0 amide bonds. The summed E-state index contributed by atoms with van der Waals surface area (Å²) in [6.45, 7) is 7.05. The summed E-state index contributed by atoms with van der Waals surface area (Å²) in [4.78, 5) is 0. The van der Waals surface area contributed by atoms with Crippen molar-refractivity contribution in [3.05, 3.63) is 23.8 Å². The smallest absolute Gasteiger partial charge is 0.161 e. The minimum Gasteiger partial charge on any atom is -0.493 e. The van der Waals surface area contributed by atoms with E-state index in [1.165, 1.54) is 5.56 Å². The summed E-state index contributed by atoms with van der Waals surface area (Å²) in [6.07, 6.45) is 1.85. The van der Waals surface area contributed by atoms with Gasteiger partial charge in [-0.1, -0.05) is 26.8 Å². The predicted octanol–water partition coefficient (Wildman–Crippen LogP) is 3.01. The van der Waals surface area contributed by atoms with Crippen molar-refractivity contribution in [2.75, 3.05) is 13.7 Å². The predicted molar refractivity (Wildman–Crippen MR) is 75.3 cm³/mol. The maximum absolute atomic E-state index is 5.96. The molecule has 102 valence electrons. The normalized spacial score (nSPS) is 12.6. The van der Waals surface area contributed by atoms with Crippen molar-refractivity contribution in [2.45, 2.75) is 39.7 Å². The van der Waals surface area contributed by atoms with Gasteiger partial charge in [0, 0.05) is 6.04 Å². The summed E-state index contributed by atoms with van der Waals surface area (Å²) < 4.78 is 11.1. The maximum atomic E-state index is 5.96. The molecule has 1 aromatic rings. The fourth-order valence-corrected chi connectivity index (χ4v) is 1.66. The van der Waals surface area contributed by atoms with E-state index in [-0.39, 0.29) is 6.04 Å². The van der Waals surface area contributed by atoms with Gasteiger partial charge in [0.05, 0.1) is 13.7 Å². The van der Waals surface area contributed by atoms with Gasteiger partial charge in [0.25, 0.3) is 0 Å². The van der Waals surface area contributed by atoms with Crippen molar-refractivity contribution >= 4 is 0 Å². The third kappa shape index (κ3) is 4.57. The summed E-state index contributed by atoms with van der Waals surface area (Å²) in [6, 6.07) is 6.26. The van der Waals surface area contributed by atoms with Crippen LogP contribution in [0.5, 0.6) is 11.5 Å². The molecule has 0 radical (unpaired) electrons. The zero-order valence-corrected chi connectivity index (χ0v) is 11.9. The van der Waals surface area contributed by atoms with Crippen LogP contribution in [0.2, 0.25) is 0 Å². The van der Waals surface area contributed by atoms with Crippen LogP contribution in [0.15, 0.2) is 18.2 Å². The van der Waals surface area contributed by atoms with Gasteiger partial charge in [0.15, 0.2) is 11.5 Å². The minimum absolute atomic E-state index is 0.206. The van der Waals surface area contributed by atoms with Crippen LogP contribution in [0.3, 0.4) is 0 Å². The molecule has 0 aliphatic carbocycles. The number of hydrogen-bond donors (Lipinski definition) is 1. The van der Waals surface area contributed by atoms with Crippen molar-refractivity contribution in [3.8, 4) is 11.5 Å². The molecule has 0 spiro atoms. The lowest BCUT2D eigenvalue weighted by atomic mass is 10.0. The first-order valence-electron chi connectivity index (χ1n) is 6.62. The van der Waals surface area contributed by atoms with E-state index in [2.05, 4.69) is 26.8 Å². The van der Waals surface area contributed by atoms with Crippen LogP contribution < -0.4 is 15.2 Å². The van der Waals surface area contributed by atoms with Crippen molar-refractivity contribution in [1.82, 2.24) is 0 Å². The standard InChI is InChI=1S/C15H25NO2/c1-5-13(16)8-12-6-7-14(15(9-12)17-4)18-10-11(2)3/h6-7,9,11,13H,5,8,10,16H2,1-4H3. The number of methoxy groups -OCH3 is 1. The Hall–Kier alpha value is -1.22. The van der Waals surface area contributed by atoms with Crippen LogP contribution in [0, 0.1) is 5.92 Å². The fraction of sp³-hybridized carbons (Fsp3) is 0.600. The number of ether oxygens (including phenoxy) is 2. The second-order valence-electron chi connectivity index (χ2n) is 5.06. The van der Waals surface area contributed by atoms with Gasteiger partial charge in [0.2, 0.25) is 0 Å². The number of rotatable bonds is 7. The van der Waals surface area contributed by atoms with Crippen LogP contribution in [0.1, 0.15) is 32.8 Å². The molecule has 1 atom stereocenters. The summed E-state index contributed by atoms with van der Waals surface area (Å²) in [7, 11) is 1.67. The Kier molecular flexibility index (Phi) is 5.99. The Morgan fingerprint density at radius 2 is 1.94 bits per heavy atom. The quantitative estimate of drug-likeness (QED) is 0.810. The molecule has 18 heavy (non-hydrogen) atoms. The Labute approximate surface area is 110 Å². The SMILES string of the molecule is CCC(N)Cc1ccc(OCC(C)C)c(OC)c1. The molecule has 0 aliphatic rings. The summed E-state index contributed by atoms with van der Waals surface area (Å²) in [5.74, 6) is 2.10. The van der Waals surface area contributed by atoms with Crippen LogP contribution in [0.25, 0.3) is 0 Å². The van der Waals surface area contributed by atoms with Gasteiger partial charge in [-0.15, -0.1) is 0 Å². The highest BCUT2D eigenvalue weighted by Crippen LogP contribution is 2.28. The topological polar surface area (TPSA) is 44.5 Å². The van der Waals surface area contributed by atoms with E-state index >= 15 is 0 Å². The van der Waals surface area contributed by atoms with Gasteiger partial charge < -0.3 is 15.2 Å². The van der Waals surface area contributed by atoms with Gasteiger partial charge in [-0.2, -0.15) is 0 Å². The zero-order chi connectivity index (χ0) is 13.5. The van der Waals surface area contributed by atoms with Crippen LogP contribution in [-0.2, 0) is 6.42 Å². The Morgan fingerprint density at radius 3 is 2.50 bits per heavy atom. The molecule has 0 bridgehead atoms. The maximum Gasteiger partial charge on any atom is 0.161 e. The largest absolute Gasteiger partial charge is 0.493 e. The zero-order valence-electron chi connectivity index (χ0n) is 11.9. The van der Waals surface area contributed by atoms with E-state index in [1.807, 2.05) is 12.1 Å². The second kappa shape index (κ2) is 7.27. The molecule has 2 N–H and O–H groups in total. The lowest BCUT2D eigenvalue weighted by Crippen LogP contribution is -2.21. The monoisotopic (exact) mass is 251 g/mol. The second-order valence-corrected chi connectivity index (χ2v) is 5.06. The molecular weight excluding hydrogens is 226 g/mol. The molecule has 0 fully saturated rings. The first-order chi connectivity index (χ1) is 8.56. The van der Waals surface area contributed by atoms with Crippen molar-refractivity contribution < 1.29 is 9.47 Å². The minimum atomic E-state index is 0.206. The van der Waals surface area contributed by atoms with E-state index in [4.69, 9.17) is 15.2 Å². The molecule has 3 heteroatoms. The van der Waals surface area contributed by atoms with Crippen molar-refractivity contribution in [3.63, 3.8) is 0 Å². The molecule has 0 aliphatic heterocycles. The van der Waals surface area contributed by atoms with Crippen LogP contribution in [-0.4, -0.2) is 19.8 Å². The summed E-state index contributed by atoms with van der Waals surface area (Å²) >= 11 is 0. The fourth-order valence-electron chi connectivity index (χ4n) is 1.66. The third-order valence-corrected chi connectivity index (χ3v) is 2.82. The van der Waals surface area contributed by atoms with Crippen LogP contribution in [0.4, 0.5) is 0 Å². The average Bonchev–Trinajstić information content (AvgIpc) is 2.36. The molecule has 0 aromatic heterocycles. The molecule has 3 nitrogen and oxygen atoms in total. The van der Waals surface area contributed by atoms with Gasteiger partial charge in [-0.3, -0.25) is 0 Å². The average molecular weight is 251 g/mol. The van der Waals surface area contributed by atoms with E-state index in [1.54, 1.807) is 7.11 Å². The number of hydrogen-bond acceptors (Lipinski definition) is 3. The van der Waals surface area contributed by atoms with Gasteiger partial charge in [-0.05, 0) is 36.5 Å². The Bertz CT molecular complexity index is 364. The highest BCUT2D eigenvalue weighted by atomic mass is 16.5. The number of nitrogens with two attached hydrogens (primary N) is 1. The number of benzene rings is 1. The van der Waals surface area contributed by atoms with Gasteiger partial charge >= 0.3 is 0 Å². The van der Waals surface area contributed by atoms with Crippen molar-refractivity contribution in [1.29, 1.82) is 0 Å². The van der Waals surface area contributed by atoms with Crippen LogP contribution >= 0.6 is 0 Å². The first kappa shape index (κ1) is 14.8. The molecule has 0 heterocycles. The van der Waals surface area contributed by atoms with E-state index in [0.717, 1.165) is 24.3 Å². The highest BCUT2D eigenvalue weighted by Gasteiger charge is 2.08.